The summed E-state index contributed by atoms with van der Waals surface area (Å²) >= 11 is 0. The molecular formula is C10H12N4. The summed E-state index contributed by atoms with van der Waals surface area (Å²) in [6.07, 6.45) is 1.93. The summed E-state index contributed by atoms with van der Waals surface area (Å²) in [5, 5.41) is 4.27. The smallest absolute Gasteiger partial charge is 0.123 e. The quantitative estimate of drug-likeness (QED) is 0.770. The second-order valence-electron chi connectivity index (χ2n) is 3.21. The number of nitrogens with zero attached hydrogens (tertiary/aromatic N) is 3. The molecule has 0 aliphatic rings. The summed E-state index contributed by atoms with van der Waals surface area (Å²) < 4.78 is 1.84. The molecule has 2 heterocycles. The Labute approximate surface area is 82.4 Å². The van der Waals surface area contributed by atoms with Gasteiger partial charge in [0.1, 0.15) is 5.82 Å². The third-order valence-corrected chi connectivity index (χ3v) is 1.93. The third kappa shape index (κ3) is 1.90. The number of anilines is 1. The Morgan fingerprint density at radius 3 is 2.86 bits per heavy atom. The van der Waals surface area contributed by atoms with E-state index in [4.69, 9.17) is 5.73 Å². The van der Waals surface area contributed by atoms with Gasteiger partial charge in [0.15, 0.2) is 0 Å². The summed E-state index contributed by atoms with van der Waals surface area (Å²) in [6, 6.07) is 7.57. The molecular weight excluding hydrogens is 176 g/mol. The molecule has 14 heavy (non-hydrogen) atoms. The van der Waals surface area contributed by atoms with Gasteiger partial charge in [-0.1, -0.05) is 6.07 Å². The molecule has 4 heteroatoms. The van der Waals surface area contributed by atoms with Crippen molar-refractivity contribution in [1.82, 2.24) is 14.8 Å². The van der Waals surface area contributed by atoms with Crippen molar-refractivity contribution in [1.29, 1.82) is 0 Å². The molecule has 0 saturated heterocycles. The van der Waals surface area contributed by atoms with E-state index in [-0.39, 0.29) is 0 Å². The Balaban J connectivity index is 2.18. The largest absolute Gasteiger partial charge is 0.384 e. The molecule has 0 aliphatic carbocycles. The van der Waals surface area contributed by atoms with E-state index in [1.807, 2.05) is 36.0 Å². The van der Waals surface area contributed by atoms with E-state index in [1.165, 1.54) is 0 Å². The SMILES string of the molecule is Cc1ccn(Cc2cccc(N)n2)n1. The van der Waals surface area contributed by atoms with Crippen LogP contribution in [0, 0.1) is 6.92 Å². The van der Waals surface area contributed by atoms with Gasteiger partial charge in [-0.3, -0.25) is 4.68 Å². The third-order valence-electron chi connectivity index (χ3n) is 1.93. The van der Waals surface area contributed by atoms with Gasteiger partial charge < -0.3 is 5.73 Å². The fourth-order valence-electron chi connectivity index (χ4n) is 1.30. The molecule has 2 N–H and O–H groups in total. The first-order valence-electron chi connectivity index (χ1n) is 4.45. The lowest BCUT2D eigenvalue weighted by atomic mass is 10.3. The maximum atomic E-state index is 5.58. The van der Waals surface area contributed by atoms with Gasteiger partial charge in [0.05, 0.1) is 17.9 Å². The Hall–Kier alpha value is -1.84. The first kappa shape index (κ1) is 8.74. The summed E-state index contributed by atoms with van der Waals surface area (Å²) in [7, 11) is 0. The number of rotatable bonds is 2. The van der Waals surface area contributed by atoms with E-state index in [2.05, 4.69) is 10.1 Å². The molecule has 0 saturated carbocycles. The highest BCUT2D eigenvalue weighted by Gasteiger charge is 1.98. The zero-order valence-electron chi connectivity index (χ0n) is 8.01. The van der Waals surface area contributed by atoms with Crippen LogP contribution in [0.1, 0.15) is 11.4 Å². The lowest BCUT2D eigenvalue weighted by Crippen LogP contribution is -2.03. The van der Waals surface area contributed by atoms with Crippen LogP contribution < -0.4 is 5.73 Å². The van der Waals surface area contributed by atoms with Crippen molar-refractivity contribution in [3.05, 3.63) is 41.9 Å². The minimum absolute atomic E-state index is 0.548. The van der Waals surface area contributed by atoms with Gasteiger partial charge in [-0.25, -0.2) is 4.98 Å². The zero-order chi connectivity index (χ0) is 9.97. The Morgan fingerprint density at radius 2 is 2.21 bits per heavy atom. The van der Waals surface area contributed by atoms with Gasteiger partial charge >= 0.3 is 0 Å². The van der Waals surface area contributed by atoms with Gasteiger partial charge in [0.25, 0.3) is 0 Å². The van der Waals surface area contributed by atoms with E-state index in [9.17, 15) is 0 Å². The van der Waals surface area contributed by atoms with E-state index in [1.54, 1.807) is 6.07 Å². The van der Waals surface area contributed by atoms with Crippen molar-refractivity contribution >= 4 is 5.82 Å². The van der Waals surface area contributed by atoms with Crippen molar-refractivity contribution < 1.29 is 0 Å². The molecule has 0 amide bonds. The van der Waals surface area contributed by atoms with E-state index in [0.29, 0.717) is 12.4 Å². The lowest BCUT2D eigenvalue weighted by Gasteiger charge is -2.01. The van der Waals surface area contributed by atoms with Crippen LogP contribution in [0.2, 0.25) is 0 Å². The molecule has 0 spiro atoms. The van der Waals surface area contributed by atoms with Gasteiger partial charge in [0.2, 0.25) is 0 Å². The van der Waals surface area contributed by atoms with Crippen molar-refractivity contribution in [3.63, 3.8) is 0 Å². The minimum atomic E-state index is 0.548. The van der Waals surface area contributed by atoms with Gasteiger partial charge in [0, 0.05) is 6.20 Å². The number of aryl methyl sites for hydroxylation is 1. The highest BCUT2D eigenvalue weighted by atomic mass is 15.3. The molecule has 0 fully saturated rings. The van der Waals surface area contributed by atoms with Crippen molar-refractivity contribution in [2.45, 2.75) is 13.5 Å². The highest BCUT2D eigenvalue weighted by molar-refractivity contribution is 5.28. The number of nitrogens with two attached hydrogens (primary N) is 1. The monoisotopic (exact) mass is 188 g/mol. The molecule has 0 bridgehead atoms. The Bertz CT molecular complexity index is 433. The van der Waals surface area contributed by atoms with Crippen LogP contribution in [0.4, 0.5) is 5.82 Å². The van der Waals surface area contributed by atoms with Crippen LogP contribution in [-0.2, 0) is 6.54 Å². The molecule has 4 nitrogen and oxygen atoms in total. The van der Waals surface area contributed by atoms with Crippen LogP contribution in [0.15, 0.2) is 30.5 Å². The predicted molar refractivity (Wildman–Crippen MR) is 54.7 cm³/mol. The van der Waals surface area contributed by atoms with Crippen LogP contribution in [0.5, 0.6) is 0 Å². The summed E-state index contributed by atoms with van der Waals surface area (Å²) in [5.41, 5.74) is 7.51. The number of aromatic nitrogens is 3. The number of pyridine rings is 1. The zero-order valence-corrected chi connectivity index (χ0v) is 8.01. The summed E-state index contributed by atoms with van der Waals surface area (Å²) in [6.45, 7) is 2.63. The number of hydrogen-bond donors (Lipinski definition) is 1. The normalized spacial score (nSPS) is 10.4. The number of hydrogen-bond acceptors (Lipinski definition) is 3. The van der Waals surface area contributed by atoms with Crippen LogP contribution in [0.25, 0.3) is 0 Å². The molecule has 0 aromatic carbocycles. The van der Waals surface area contributed by atoms with Crippen molar-refractivity contribution in [2.75, 3.05) is 5.73 Å². The second kappa shape index (κ2) is 3.49. The fourth-order valence-corrected chi connectivity index (χ4v) is 1.30. The summed E-state index contributed by atoms with van der Waals surface area (Å²) in [5.74, 6) is 0.548. The van der Waals surface area contributed by atoms with Crippen molar-refractivity contribution in [3.8, 4) is 0 Å². The average Bonchev–Trinajstić information content (AvgIpc) is 2.51. The molecule has 2 aromatic heterocycles. The van der Waals surface area contributed by atoms with E-state index < -0.39 is 0 Å². The summed E-state index contributed by atoms with van der Waals surface area (Å²) in [4.78, 5) is 4.19. The second-order valence-corrected chi connectivity index (χ2v) is 3.21. The van der Waals surface area contributed by atoms with Gasteiger partial charge in [-0.05, 0) is 25.1 Å². The lowest BCUT2D eigenvalue weighted by molar-refractivity contribution is 0.667. The molecule has 72 valence electrons. The first-order valence-corrected chi connectivity index (χ1v) is 4.45. The number of nitrogen functional groups attached to an aromatic ring is 1. The van der Waals surface area contributed by atoms with Crippen LogP contribution in [0.3, 0.4) is 0 Å². The molecule has 2 aromatic rings. The Morgan fingerprint density at radius 1 is 1.36 bits per heavy atom. The van der Waals surface area contributed by atoms with Crippen LogP contribution >= 0.6 is 0 Å². The molecule has 2 rings (SSSR count). The molecule has 0 unspecified atom stereocenters. The van der Waals surface area contributed by atoms with E-state index in [0.717, 1.165) is 11.4 Å². The van der Waals surface area contributed by atoms with Crippen LogP contribution in [-0.4, -0.2) is 14.8 Å². The van der Waals surface area contributed by atoms with Crippen molar-refractivity contribution in [2.24, 2.45) is 0 Å². The topological polar surface area (TPSA) is 56.7 Å². The molecule has 0 radical (unpaired) electrons. The standard InChI is InChI=1S/C10H12N4/c1-8-5-6-14(13-8)7-9-3-2-4-10(11)12-9/h2-6H,7H2,1H3,(H2,11,12). The molecule has 0 aliphatic heterocycles. The van der Waals surface area contributed by atoms with E-state index >= 15 is 0 Å². The average molecular weight is 188 g/mol. The Kier molecular flexibility index (Phi) is 2.18. The highest BCUT2D eigenvalue weighted by Crippen LogP contribution is 2.03. The van der Waals surface area contributed by atoms with Gasteiger partial charge in [-0.15, -0.1) is 0 Å². The minimum Gasteiger partial charge on any atom is -0.384 e. The van der Waals surface area contributed by atoms with Gasteiger partial charge in [-0.2, -0.15) is 5.10 Å². The first-order chi connectivity index (χ1) is 6.74. The fraction of sp³-hybridized carbons (Fsp3) is 0.200. The maximum Gasteiger partial charge on any atom is 0.123 e. The molecule has 0 atom stereocenters. The maximum absolute atomic E-state index is 5.58. The predicted octanol–water partition coefficient (Wildman–Crippen LogP) is 1.22.